The van der Waals surface area contributed by atoms with Crippen LogP contribution in [0.4, 0.5) is 5.69 Å². The highest BCUT2D eigenvalue weighted by molar-refractivity contribution is 7.92. The number of likely N-dealkylation sites (tertiary alicyclic amines) is 1. The van der Waals surface area contributed by atoms with E-state index in [0.29, 0.717) is 23.4 Å². The van der Waals surface area contributed by atoms with Gasteiger partial charge in [-0.05, 0) is 80.7 Å². The van der Waals surface area contributed by atoms with E-state index in [1.807, 2.05) is 31.2 Å². The van der Waals surface area contributed by atoms with Crippen molar-refractivity contribution in [1.82, 2.24) is 10.2 Å². The van der Waals surface area contributed by atoms with E-state index in [2.05, 4.69) is 27.1 Å². The fourth-order valence-electron chi connectivity index (χ4n) is 4.18. The average molecular weight is 478 g/mol. The van der Waals surface area contributed by atoms with Crippen LogP contribution in [-0.2, 0) is 23.1 Å². The standard InChI is InChI=1S/C27H31N3O3S/c1-20-8-12-25(13-9-20)29-34(32,33)26-17-24(11-10-21(26)2)27(31)28-18-22-6-5-7-23(16-22)19-30-14-3-4-15-30/h5-13,16-17,29H,3-4,14-15,18-19H2,1-2H3,(H,28,31). The molecule has 0 bridgehead atoms. The Morgan fingerprint density at radius 2 is 1.62 bits per heavy atom. The van der Waals surface area contributed by atoms with Crippen molar-refractivity contribution in [1.29, 1.82) is 0 Å². The molecular weight excluding hydrogens is 446 g/mol. The van der Waals surface area contributed by atoms with Crippen LogP contribution in [0.2, 0.25) is 0 Å². The van der Waals surface area contributed by atoms with Crippen molar-refractivity contribution in [2.75, 3.05) is 17.8 Å². The van der Waals surface area contributed by atoms with Gasteiger partial charge in [0.1, 0.15) is 0 Å². The molecule has 0 saturated carbocycles. The summed E-state index contributed by atoms with van der Waals surface area (Å²) in [6.45, 7) is 7.24. The molecule has 0 spiro atoms. The maximum absolute atomic E-state index is 13.0. The summed E-state index contributed by atoms with van der Waals surface area (Å²) in [5.41, 5.74) is 4.66. The Balaban J connectivity index is 1.44. The predicted molar refractivity (Wildman–Crippen MR) is 135 cm³/mol. The van der Waals surface area contributed by atoms with Crippen molar-refractivity contribution in [2.24, 2.45) is 0 Å². The molecule has 0 aliphatic carbocycles. The summed E-state index contributed by atoms with van der Waals surface area (Å²) in [7, 11) is -3.83. The SMILES string of the molecule is Cc1ccc(NS(=O)(=O)c2cc(C(=O)NCc3cccc(CN4CCCC4)c3)ccc2C)cc1. The number of amides is 1. The molecule has 2 N–H and O–H groups in total. The van der Waals surface area contributed by atoms with Crippen LogP contribution >= 0.6 is 0 Å². The van der Waals surface area contributed by atoms with E-state index in [1.165, 1.54) is 24.5 Å². The van der Waals surface area contributed by atoms with E-state index in [-0.39, 0.29) is 10.8 Å². The molecule has 0 atom stereocenters. The van der Waals surface area contributed by atoms with Crippen molar-refractivity contribution in [2.45, 2.75) is 44.7 Å². The zero-order valence-electron chi connectivity index (χ0n) is 19.7. The van der Waals surface area contributed by atoms with Gasteiger partial charge < -0.3 is 5.32 Å². The smallest absolute Gasteiger partial charge is 0.262 e. The summed E-state index contributed by atoms with van der Waals surface area (Å²) in [6.07, 6.45) is 2.51. The van der Waals surface area contributed by atoms with Crippen molar-refractivity contribution < 1.29 is 13.2 Å². The van der Waals surface area contributed by atoms with Crippen LogP contribution in [0.5, 0.6) is 0 Å². The quantitative estimate of drug-likeness (QED) is 0.496. The van der Waals surface area contributed by atoms with Crippen LogP contribution in [0.25, 0.3) is 0 Å². The highest BCUT2D eigenvalue weighted by Gasteiger charge is 2.19. The first-order chi connectivity index (χ1) is 16.3. The minimum Gasteiger partial charge on any atom is -0.348 e. The molecule has 0 radical (unpaired) electrons. The monoisotopic (exact) mass is 477 g/mol. The molecule has 4 rings (SSSR count). The number of nitrogens with zero attached hydrogens (tertiary/aromatic N) is 1. The Kier molecular flexibility index (Phi) is 7.34. The lowest BCUT2D eigenvalue weighted by molar-refractivity contribution is 0.0950. The molecule has 1 amide bonds. The van der Waals surface area contributed by atoms with Crippen LogP contribution in [-0.4, -0.2) is 32.3 Å². The lowest BCUT2D eigenvalue weighted by Gasteiger charge is -2.15. The van der Waals surface area contributed by atoms with E-state index in [4.69, 9.17) is 0 Å². The molecule has 0 aromatic heterocycles. The second-order valence-corrected chi connectivity index (χ2v) is 10.6. The maximum Gasteiger partial charge on any atom is 0.262 e. The second-order valence-electron chi connectivity index (χ2n) is 8.94. The summed E-state index contributed by atoms with van der Waals surface area (Å²) < 4.78 is 28.6. The lowest BCUT2D eigenvalue weighted by Crippen LogP contribution is -2.24. The topological polar surface area (TPSA) is 78.5 Å². The molecule has 7 heteroatoms. The summed E-state index contributed by atoms with van der Waals surface area (Å²) in [6, 6.07) is 20.1. The number of rotatable bonds is 8. The van der Waals surface area contributed by atoms with Gasteiger partial charge in [0, 0.05) is 24.3 Å². The van der Waals surface area contributed by atoms with Crippen LogP contribution in [0.1, 0.15) is 45.5 Å². The number of nitrogens with one attached hydrogen (secondary N) is 2. The molecular formula is C27H31N3O3S. The second kappa shape index (κ2) is 10.4. The molecule has 1 aliphatic heterocycles. The van der Waals surface area contributed by atoms with E-state index < -0.39 is 10.0 Å². The fraction of sp³-hybridized carbons (Fsp3) is 0.296. The number of anilines is 1. The maximum atomic E-state index is 13.0. The van der Waals surface area contributed by atoms with Crippen molar-refractivity contribution in [3.05, 3.63) is 94.5 Å². The number of hydrogen-bond donors (Lipinski definition) is 2. The Morgan fingerprint density at radius 1 is 0.912 bits per heavy atom. The van der Waals surface area contributed by atoms with Gasteiger partial charge in [0.15, 0.2) is 0 Å². The van der Waals surface area contributed by atoms with Gasteiger partial charge in [0.2, 0.25) is 0 Å². The van der Waals surface area contributed by atoms with E-state index >= 15 is 0 Å². The van der Waals surface area contributed by atoms with Gasteiger partial charge in [-0.25, -0.2) is 8.42 Å². The first-order valence-electron chi connectivity index (χ1n) is 11.6. The predicted octanol–water partition coefficient (Wildman–Crippen LogP) is 4.63. The zero-order valence-corrected chi connectivity index (χ0v) is 20.5. The van der Waals surface area contributed by atoms with Gasteiger partial charge in [0.05, 0.1) is 4.90 Å². The van der Waals surface area contributed by atoms with Gasteiger partial charge in [-0.1, -0.05) is 48.0 Å². The van der Waals surface area contributed by atoms with Gasteiger partial charge in [0.25, 0.3) is 15.9 Å². The van der Waals surface area contributed by atoms with Gasteiger partial charge in [-0.3, -0.25) is 14.4 Å². The lowest BCUT2D eigenvalue weighted by atomic mass is 10.1. The number of hydrogen-bond acceptors (Lipinski definition) is 4. The number of aryl methyl sites for hydroxylation is 2. The van der Waals surface area contributed by atoms with Crippen molar-refractivity contribution in [3.63, 3.8) is 0 Å². The minimum atomic E-state index is -3.83. The highest BCUT2D eigenvalue weighted by atomic mass is 32.2. The van der Waals surface area contributed by atoms with Crippen LogP contribution in [0.15, 0.2) is 71.6 Å². The first kappa shape index (κ1) is 24.0. The van der Waals surface area contributed by atoms with Crippen LogP contribution in [0.3, 0.4) is 0 Å². The Bertz CT molecular complexity index is 1260. The molecule has 3 aromatic rings. The highest BCUT2D eigenvalue weighted by Crippen LogP contribution is 2.21. The van der Waals surface area contributed by atoms with Gasteiger partial charge in [-0.15, -0.1) is 0 Å². The molecule has 0 unspecified atom stereocenters. The first-order valence-corrected chi connectivity index (χ1v) is 13.1. The third kappa shape index (κ3) is 6.04. The zero-order chi connectivity index (χ0) is 24.1. The Hall–Kier alpha value is -3.16. The summed E-state index contributed by atoms with van der Waals surface area (Å²) in [5, 5.41) is 2.92. The van der Waals surface area contributed by atoms with Gasteiger partial charge >= 0.3 is 0 Å². The van der Waals surface area contributed by atoms with Crippen molar-refractivity contribution in [3.8, 4) is 0 Å². The average Bonchev–Trinajstić information content (AvgIpc) is 3.32. The molecule has 3 aromatic carbocycles. The van der Waals surface area contributed by atoms with Crippen molar-refractivity contribution >= 4 is 21.6 Å². The molecule has 6 nitrogen and oxygen atoms in total. The number of carbonyl (C=O) groups excluding carboxylic acids is 1. The molecule has 34 heavy (non-hydrogen) atoms. The Labute approximate surface area is 202 Å². The number of carbonyl (C=O) groups is 1. The molecule has 1 fully saturated rings. The Morgan fingerprint density at radius 3 is 2.35 bits per heavy atom. The number of sulfonamides is 1. The molecule has 1 saturated heterocycles. The largest absolute Gasteiger partial charge is 0.348 e. The number of benzene rings is 3. The molecule has 1 aliphatic rings. The van der Waals surface area contributed by atoms with Gasteiger partial charge in [-0.2, -0.15) is 0 Å². The summed E-state index contributed by atoms with van der Waals surface area (Å²) in [5.74, 6) is -0.309. The molecule has 178 valence electrons. The van der Waals surface area contributed by atoms with Crippen LogP contribution < -0.4 is 10.0 Å². The van der Waals surface area contributed by atoms with Crippen LogP contribution in [0, 0.1) is 13.8 Å². The van der Waals surface area contributed by atoms with E-state index in [1.54, 1.807) is 31.2 Å². The fourth-order valence-corrected chi connectivity index (χ4v) is 5.51. The summed E-state index contributed by atoms with van der Waals surface area (Å²) in [4.78, 5) is 15.4. The third-order valence-corrected chi connectivity index (χ3v) is 7.62. The normalized spacial score (nSPS) is 14.2. The van der Waals surface area contributed by atoms with E-state index in [9.17, 15) is 13.2 Å². The summed E-state index contributed by atoms with van der Waals surface area (Å²) >= 11 is 0. The third-order valence-electron chi connectivity index (χ3n) is 6.09. The van der Waals surface area contributed by atoms with E-state index in [0.717, 1.165) is 30.8 Å². The minimum absolute atomic E-state index is 0.0911. The molecule has 1 heterocycles.